The Balaban J connectivity index is 3.07. The quantitative estimate of drug-likeness (QED) is 0.809. The molecule has 0 bridgehead atoms. The Kier molecular flexibility index (Phi) is 3.09. The summed E-state index contributed by atoms with van der Waals surface area (Å²) in [5.74, 6) is 0. The van der Waals surface area contributed by atoms with E-state index >= 15 is 0 Å². The van der Waals surface area contributed by atoms with E-state index in [4.69, 9.17) is 5.73 Å². The molecule has 0 aromatic carbocycles. The van der Waals surface area contributed by atoms with Crippen LogP contribution in [0.2, 0.25) is 0 Å². The highest BCUT2D eigenvalue weighted by Gasteiger charge is 2.23. The van der Waals surface area contributed by atoms with E-state index in [-0.39, 0.29) is 5.41 Å². The van der Waals surface area contributed by atoms with Crippen molar-refractivity contribution in [1.29, 1.82) is 0 Å². The van der Waals surface area contributed by atoms with Gasteiger partial charge in [-0.1, -0.05) is 20.8 Å². The van der Waals surface area contributed by atoms with Crippen LogP contribution in [0.5, 0.6) is 0 Å². The predicted octanol–water partition coefficient (Wildman–Crippen LogP) is 2.25. The first-order valence-corrected chi connectivity index (χ1v) is 5.49. The van der Waals surface area contributed by atoms with E-state index in [0.29, 0.717) is 6.54 Å². The molecule has 1 aromatic heterocycles. The molecule has 0 fully saturated rings. The molecule has 0 unspecified atom stereocenters. The highest BCUT2D eigenvalue weighted by Crippen LogP contribution is 2.30. The highest BCUT2D eigenvalue weighted by molar-refractivity contribution is 7.11. The fourth-order valence-corrected chi connectivity index (χ4v) is 2.44. The zero-order chi connectivity index (χ0) is 10.1. The Bertz CT molecular complexity index is 289. The second-order valence-electron chi connectivity index (χ2n) is 3.96. The third-order valence-corrected chi connectivity index (χ3v) is 3.94. The summed E-state index contributed by atoms with van der Waals surface area (Å²) >= 11 is 1.80. The SMILES string of the molecule is CCc1nc(C)c(C(C)(C)CN)s1. The number of aromatic nitrogens is 1. The second kappa shape index (κ2) is 3.76. The third-order valence-electron chi connectivity index (χ3n) is 2.27. The van der Waals surface area contributed by atoms with Gasteiger partial charge in [-0.15, -0.1) is 11.3 Å². The molecule has 13 heavy (non-hydrogen) atoms. The third kappa shape index (κ3) is 2.09. The molecule has 0 spiro atoms. The van der Waals surface area contributed by atoms with Gasteiger partial charge in [0.15, 0.2) is 0 Å². The molecule has 0 amide bonds. The van der Waals surface area contributed by atoms with Crippen LogP contribution in [0.3, 0.4) is 0 Å². The van der Waals surface area contributed by atoms with Gasteiger partial charge in [0, 0.05) is 16.8 Å². The molecule has 1 heterocycles. The molecule has 3 heteroatoms. The summed E-state index contributed by atoms with van der Waals surface area (Å²) in [5.41, 5.74) is 6.97. The molecule has 2 N–H and O–H groups in total. The highest BCUT2D eigenvalue weighted by atomic mass is 32.1. The normalized spacial score (nSPS) is 12.1. The van der Waals surface area contributed by atoms with Gasteiger partial charge in [0.1, 0.15) is 0 Å². The Morgan fingerprint density at radius 2 is 2.08 bits per heavy atom. The standard InChI is InChI=1S/C10H18N2S/c1-5-8-12-7(2)9(13-8)10(3,4)6-11/h5-6,11H2,1-4H3. The molecule has 1 rings (SSSR count). The minimum Gasteiger partial charge on any atom is -0.330 e. The molecule has 2 nitrogen and oxygen atoms in total. The van der Waals surface area contributed by atoms with Crippen molar-refractivity contribution in [2.24, 2.45) is 5.73 Å². The van der Waals surface area contributed by atoms with Crippen molar-refractivity contribution in [2.45, 2.75) is 39.5 Å². The maximum atomic E-state index is 5.74. The molecule has 74 valence electrons. The predicted molar refractivity (Wildman–Crippen MR) is 58.3 cm³/mol. The Labute approximate surface area is 84.2 Å². The number of aryl methyl sites for hydroxylation is 2. The van der Waals surface area contributed by atoms with E-state index in [1.807, 2.05) is 0 Å². The average molecular weight is 198 g/mol. The van der Waals surface area contributed by atoms with Crippen LogP contribution < -0.4 is 5.73 Å². The van der Waals surface area contributed by atoms with Gasteiger partial charge in [-0.25, -0.2) is 4.98 Å². The number of hydrogen-bond donors (Lipinski definition) is 1. The van der Waals surface area contributed by atoms with E-state index in [0.717, 1.165) is 12.1 Å². The maximum Gasteiger partial charge on any atom is 0.0928 e. The first kappa shape index (κ1) is 10.7. The van der Waals surface area contributed by atoms with Crippen molar-refractivity contribution in [3.63, 3.8) is 0 Å². The van der Waals surface area contributed by atoms with Crippen LogP contribution in [0.25, 0.3) is 0 Å². The molecule has 0 aliphatic carbocycles. The summed E-state index contributed by atoms with van der Waals surface area (Å²) in [7, 11) is 0. The Hall–Kier alpha value is -0.410. The fourth-order valence-electron chi connectivity index (χ4n) is 1.32. The van der Waals surface area contributed by atoms with Gasteiger partial charge >= 0.3 is 0 Å². The van der Waals surface area contributed by atoms with Crippen molar-refractivity contribution >= 4 is 11.3 Å². The van der Waals surface area contributed by atoms with Crippen molar-refractivity contribution in [1.82, 2.24) is 4.98 Å². The molecule has 0 atom stereocenters. The number of thiazole rings is 1. The second-order valence-corrected chi connectivity index (χ2v) is 5.05. The summed E-state index contributed by atoms with van der Waals surface area (Å²) in [6.45, 7) is 9.24. The van der Waals surface area contributed by atoms with Gasteiger partial charge in [0.25, 0.3) is 0 Å². The molecule has 0 radical (unpaired) electrons. The topological polar surface area (TPSA) is 38.9 Å². The van der Waals surface area contributed by atoms with Crippen molar-refractivity contribution in [2.75, 3.05) is 6.54 Å². The van der Waals surface area contributed by atoms with Crippen LogP contribution in [0.4, 0.5) is 0 Å². The van der Waals surface area contributed by atoms with Gasteiger partial charge < -0.3 is 5.73 Å². The molecule has 1 aromatic rings. The van der Waals surface area contributed by atoms with Crippen LogP contribution in [-0.4, -0.2) is 11.5 Å². The van der Waals surface area contributed by atoms with Crippen molar-refractivity contribution in [3.05, 3.63) is 15.6 Å². The van der Waals surface area contributed by atoms with E-state index in [9.17, 15) is 0 Å². The van der Waals surface area contributed by atoms with Gasteiger partial charge in [-0.3, -0.25) is 0 Å². The lowest BCUT2D eigenvalue weighted by Crippen LogP contribution is -2.27. The van der Waals surface area contributed by atoms with Gasteiger partial charge in [-0.05, 0) is 13.3 Å². The summed E-state index contributed by atoms with van der Waals surface area (Å²) in [5, 5.41) is 1.22. The Morgan fingerprint density at radius 1 is 1.46 bits per heavy atom. The molecule has 0 aliphatic heterocycles. The number of nitrogens with two attached hydrogens (primary N) is 1. The molecule has 0 saturated heterocycles. The minimum absolute atomic E-state index is 0.0785. The average Bonchev–Trinajstić information content (AvgIpc) is 2.47. The van der Waals surface area contributed by atoms with Gasteiger partial charge in [0.05, 0.1) is 10.7 Å². The maximum absolute atomic E-state index is 5.74. The smallest absolute Gasteiger partial charge is 0.0928 e. The zero-order valence-electron chi connectivity index (χ0n) is 8.85. The fraction of sp³-hybridized carbons (Fsp3) is 0.700. The van der Waals surface area contributed by atoms with Crippen LogP contribution in [0.15, 0.2) is 0 Å². The van der Waals surface area contributed by atoms with Crippen molar-refractivity contribution < 1.29 is 0 Å². The van der Waals surface area contributed by atoms with E-state index in [2.05, 4.69) is 32.7 Å². The van der Waals surface area contributed by atoms with Crippen LogP contribution in [-0.2, 0) is 11.8 Å². The minimum atomic E-state index is 0.0785. The number of rotatable bonds is 3. The van der Waals surface area contributed by atoms with E-state index < -0.39 is 0 Å². The van der Waals surface area contributed by atoms with Crippen LogP contribution >= 0.6 is 11.3 Å². The lowest BCUT2D eigenvalue weighted by atomic mass is 9.91. The Morgan fingerprint density at radius 3 is 2.46 bits per heavy atom. The van der Waals surface area contributed by atoms with Crippen LogP contribution in [0, 0.1) is 6.92 Å². The number of hydrogen-bond acceptors (Lipinski definition) is 3. The lowest BCUT2D eigenvalue weighted by molar-refractivity contribution is 0.546. The summed E-state index contributed by atoms with van der Waals surface area (Å²) < 4.78 is 0. The zero-order valence-corrected chi connectivity index (χ0v) is 9.66. The van der Waals surface area contributed by atoms with E-state index in [1.54, 1.807) is 11.3 Å². The molecular weight excluding hydrogens is 180 g/mol. The summed E-state index contributed by atoms with van der Waals surface area (Å²) in [6.07, 6.45) is 1.02. The largest absolute Gasteiger partial charge is 0.330 e. The lowest BCUT2D eigenvalue weighted by Gasteiger charge is -2.20. The monoisotopic (exact) mass is 198 g/mol. The van der Waals surface area contributed by atoms with E-state index in [1.165, 1.54) is 9.88 Å². The summed E-state index contributed by atoms with van der Waals surface area (Å²) in [6, 6.07) is 0. The van der Waals surface area contributed by atoms with Gasteiger partial charge in [-0.2, -0.15) is 0 Å². The summed E-state index contributed by atoms with van der Waals surface area (Å²) in [4.78, 5) is 5.85. The molecule has 0 saturated carbocycles. The van der Waals surface area contributed by atoms with Crippen molar-refractivity contribution in [3.8, 4) is 0 Å². The molecule has 0 aliphatic rings. The first-order chi connectivity index (χ1) is 6.01. The molecular formula is C10H18N2S. The van der Waals surface area contributed by atoms with Crippen LogP contribution in [0.1, 0.15) is 36.3 Å². The number of nitrogens with zero attached hydrogens (tertiary/aromatic N) is 1. The first-order valence-electron chi connectivity index (χ1n) is 4.68. The van der Waals surface area contributed by atoms with Gasteiger partial charge in [0.2, 0.25) is 0 Å².